The molecule has 4 fully saturated rings. The molecule has 2 bridgehead atoms. The number of hydrogen-bond acceptors (Lipinski definition) is 8. The maximum Gasteiger partial charge on any atom is 0.415 e. The van der Waals surface area contributed by atoms with E-state index in [4.69, 9.17) is 37.4 Å². The standard InChI is InChI=1S/C38H38Cl2FN3O7S/c1-49-33-9-8-24(14-34(33)50-21-22-6-7-22)26(16-28-29(39)18-43(48)19-30(28)40)27-15-25(52-36(27)37(45)46)17-44(32-5-3-2-4-31(32)41)38(47)51-35-20-42-12-10-23(35)11-13-42/h2-5,8-9,14-15,18-19,22-23,26,35H,6-7,10-13,16-17,20-21H2,1H3,(H-,45,46,48)/p+1/t26?,35-/m0/s1. The molecule has 52 heavy (non-hydrogen) atoms. The van der Waals surface area contributed by atoms with E-state index in [9.17, 15) is 19.9 Å². The molecule has 2 atom stereocenters. The molecule has 10 nitrogen and oxygen atoms in total. The number of amides is 1. The lowest BCUT2D eigenvalue weighted by atomic mass is 9.85. The van der Waals surface area contributed by atoms with Crippen molar-refractivity contribution in [1.29, 1.82) is 0 Å². The SMILES string of the molecule is COc1ccc(C(Cc2c(Cl)c[n+](O)cc2Cl)c2cc(CN(C(=O)O[C@H]3CN4CCC3CC4)c3ccccc3F)sc2C(=O)O)cc1OCC1CC1. The van der Waals surface area contributed by atoms with Gasteiger partial charge in [0.25, 0.3) is 0 Å². The van der Waals surface area contributed by atoms with E-state index in [2.05, 4.69) is 4.90 Å². The lowest BCUT2D eigenvalue weighted by Crippen LogP contribution is -2.53. The molecule has 4 aromatic rings. The average molecular weight is 772 g/mol. The van der Waals surface area contributed by atoms with E-state index in [1.54, 1.807) is 31.4 Å². The van der Waals surface area contributed by atoms with Gasteiger partial charge in [0.05, 0.1) is 25.9 Å². The van der Waals surface area contributed by atoms with Gasteiger partial charge in [-0.3, -0.25) is 15.0 Å². The van der Waals surface area contributed by atoms with Gasteiger partial charge in [0, 0.05) is 27.6 Å². The fourth-order valence-corrected chi connectivity index (χ4v) is 8.79. The van der Waals surface area contributed by atoms with Crippen LogP contribution >= 0.6 is 34.5 Å². The van der Waals surface area contributed by atoms with Crippen LogP contribution in [0.4, 0.5) is 14.9 Å². The number of piperidine rings is 3. The Morgan fingerprint density at radius 2 is 1.79 bits per heavy atom. The first-order valence-electron chi connectivity index (χ1n) is 17.3. The van der Waals surface area contributed by atoms with Crippen LogP contribution in [0.5, 0.6) is 11.5 Å². The number of pyridine rings is 1. The largest absolute Gasteiger partial charge is 0.493 e. The molecule has 1 aliphatic carbocycles. The van der Waals surface area contributed by atoms with E-state index < -0.39 is 23.8 Å². The third kappa shape index (κ3) is 7.95. The van der Waals surface area contributed by atoms with Crippen molar-refractivity contribution in [3.05, 3.63) is 103 Å². The lowest BCUT2D eigenvalue weighted by molar-refractivity contribution is -0.904. The number of para-hydroxylation sites is 1. The Morgan fingerprint density at radius 1 is 1.06 bits per heavy atom. The van der Waals surface area contributed by atoms with Crippen LogP contribution in [-0.4, -0.2) is 66.7 Å². The van der Waals surface area contributed by atoms with Crippen LogP contribution in [0.15, 0.2) is 60.9 Å². The number of benzene rings is 2. The van der Waals surface area contributed by atoms with E-state index in [0.29, 0.717) is 52.1 Å². The zero-order chi connectivity index (χ0) is 36.5. The van der Waals surface area contributed by atoms with Crippen LogP contribution < -0.4 is 19.1 Å². The molecule has 0 spiro atoms. The number of carbonyl (C=O) groups excluding carboxylic acids is 1. The number of halogens is 3. The molecule has 2 aromatic heterocycles. The molecule has 3 saturated heterocycles. The van der Waals surface area contributed by atoms with E-state index in [1.807, 2.05) is 12.1 Å². The summed E-state index contributed by atoms with van der Waals surface area (Å²) in [6.07, 6.45) is 5.82. The number of nitrogens with zero attached hydrogens (tertiary/aromatic N) is 3. The van der Waals surface area contributed by atoms with Crippen molar-refractivity contribution >= 4 is 52.3 Å². The summed E-state index contributed by atoms with van der Waals surface area (Å²) >= 11 is 14.2. The maximum atomic E-state index is 15.3. The van der Waals surface area contributed by atoms with Crippen molar-refractivity contribution in [2.75, 3.05) is 38.3 Å². The first-order chi connectivity index (χ1) is 25.1. The Kier molecular flexibility index (Phi) is 10.8. The number of methoxy groups -OCH3 is 1. The molecule has 2 aromatic carbocycles. The van der Waals surface area contributed by atoms with Crippen LogP contribution in [0.3, 0.4) is 0 Å². The van der Waals surface area contributed by atoms with Crippen molar-refractivity contribution in [1.82, 2.24) is 4.90 Å². The van der Waals surface area contributed by atoms with Crippen LogP contribution in [0.25, 0.3) is 0 Å². The second-order valence-corrected chi connectivity index (χ2v) is 15.6. The van der Waals surface area contributed by atoms with E-state index >= 15 is 4.39 Å². The summed E-state index contributed by atoms with van der Waals surface area (Å²) in [6, 6.07) is 13.2. The minimum atomic E-state index is -1.17. The molecular weight excluding hydrogens is 732 g/mol. The van der Waals surface area contributed by atoms with Crippen molar-refractivity contribution in [2.45, 2.75) is 50.7 Å². The Labute approximate surface area is 314 Å². The second kappa shape index (κ2) is 15.5. The summed E-state index contributed by atoms with van der Waals surface area (Å²) in [5.41, 5.74) is 1.68. The highest BCUT2D eigenvalue weighted by atomic mass is 35.5. The predicted octanol–water partition coefficient (Wildman–Crippen LogP) is 7.83. The summed E-state index contributed by atoms with van der Waals surface area (Å²) in [5.74, 6) is -0.632. The van der Waals surface area contributed by atoms with Crippen molar-refractivity contribution in [2.24, 2.45) is 11.8 Å². The number of carboxylic acids is 1. The first kappa shape index (κ1) is 36.3. The van der Waals surface area contributed by atoms with Gasteiger partial charge >= 0.3 is 12.1 Å². The number of ether oxygens (including phenoxy) is 3. The van der Waals surface area contributed by atoms with Gasteiger partial charge in [-0.2, -0.15) is 0 Å². The van der Waals surface area contributed by atoms with Crippen LogP contribution in [0.2, 0.25) is 10.0 Å². The monoisotopic (exact) mass is 770 g/mol. The number of rotatable bonds is 13. The van der Waals surface area contributed by atoms with Crippen molar-refractivity contribution < 1.29 is 43.2 Å². The van der Waals surface area contributed by atoms with Gasteiger partial charge in [-0.25, -0.2) is 14.0 Å². The summed E-state index contributed by atoms with van der Waals surface area (Å²) < 4.78 is 33.9. The number of aromatic carboxylic acids is 1. The summed E-state index contributed by atoms with van der Waals surface area (Å²) in [7, 11) is 1.56. The van der Waals surface area contributed by atoms with Gasteiger partial charge in [-0.15, -0.1) is 11.3 Å². The molecule has 1 amide bonds. The highest BCUT2D eigenvalue weighted by molar-refractivity contribution is 7.14. The lowest BCUT2D eigenvalue weighted by Gasteiger charge is -2.44. The molecular formula is C38H39Cl2FN3O7S+. The third-order valence-corrected chi connectivity index (χ3v) is 11.9. The normalized spacial score (nSPS) is 20.0. The quantitative estimate of drug-likeness (QED) is 0.105. The highest BCUT2D eigenvalue weighted by Gasteiger charge is 2.38. The maximum absolute atomic E-state index is 15.3. The van der Waals surface area contributed by atoms with Crippen molar-refractivity contribution in [3.8, 4) is 11.5 Å². The zero-order valence-electron chi connectivity index (χ0n) is 28.5. The van der Waals surface area contributed by atoms with Gasteiger partial charge in [-0.1, -0.05) is 41.4 Å². The Hall–Kier alpha value is -4.10. The second-order valence-electron chi connectivity index (χ2n) is 13.6. The smallest absolute Gasteiger partial charge is 0.415 e. The molecule has 0 radical (unpaired) electrons. The van der Waals surface area contributed by atoms with E-state index in [-0.39, 0.29) is 45.6 Å². The number of carbonyl (C=O) groups is 2. The third-order valence-electron chi connectivity index (χ3n) is 10.1. The van der Waals surface area contributed by atoms with Gasteiger partial charge < -0.3 is 19.3 Å². The minimum Gasteiger partial charge on any atom is -0.493 e. The zero-order valence-corrected chi connectivity index (χ0v) is 30.8. The van der Waals surface area contributed by atoms with Crippen LogP contribution in [0.1, 0.15) is 62.8 Å². The number of thiophene rings is 1. The minimum absolute atomic E-state index is 0.0323. The number of aromatic nitrogens is 1. The van der Waals surface area contributed by atoms with Crippen LogP contribution in [-0.2, 0) is 17.7 Å². The summed E-state index contributed by atoms with van der Waals surface area (Å²) in [5, 5.41) is 21.0. The topological polar surface area (TPSA) is 113 Å². The first-order valence-corrected chi connectivity index (χ1v) is 18.8. The summed E-state index contributed by atoms with van der Waals surface area (Å²) in [6.45, 7) is 2.96. The Balaban J connectivity index is 1.27. The molecule has 1 saturated carbocycles. The molecule has 14 heteroatoms. The fraction of sp³-hybridized carbons (Fsp3) is 0.395. The van der Waals surface area contributed by atoms with Crippen molar-refractivity contribution in [3.63, 3.8) is 0 Å². The number of hydrogen-bond donors (Lipinski definition) is 2. The average Bonchev–Trinajstić information content (AvgIpc) is 3.87. The Morgan fingerprint density at radius 3 is 2.42 bits per heavy atom. The van der Waals surface area contributed by atoms with E-state index in [0.717, 1.165) is 54.8 Å². The molecule has 8 rings (SSSR count). The molecule has 3 aliphatic heterocycles. The predicted molar refractivity (Wildman–Crippen MR) is 194 cm³/mol. The molecule has 5 heterocycles. The Bertz CT molecular complexity index is 1940. The molecule has 4 aliphatic rings. The molecule has 274 valence electrons. The van der Waals surface area contributed by atoms with E-state index in [1.165, 1.54) is 29.4 Å². The highest BCUT2D eigenvalue weighted by Crippen LogP contribution is 2.42. The number of anilines is 1. The summed E-state index contributed by atoms with van der Waals surface area (Å²) in [4.78, 5) is 30.9. The van der Waals surface area contributed by atoms with Gasteiger partial charge in [-0.05, 0) is 98.5 Å². The number of fused-ring (bicyclic) bond motifs is 3. The van der Waals surface area contributed by atoms with Gasteiger partial charge in [0.2, 0.25) is 12.4 Å². The number of carboxylic acid groups (broad SMARTS) is 1. The van der Waals surface area contributed by atoms with Gasteiger partial charge in [0.1, 0.15) is 26.8 Å². The molecule has 2 N–H and O–H groups in total. The fourth-order valence-electron chi connectivity index (χ4n) is 7.14. The molecule has 1 unspecified atom stereocenters. The van der Waals surface area contributed by atoms with Gasteiger partial charge in [0.15, 0.2) is 11.5 Å². The van der Waals surface area contributed by atoms with Crippen LogP contribution in [0, 0.1) is 17.7 Å².